The number of nitrogens with two attached hydrogens (primary N) is 1. The third kappa shape index (κ3) is 3.47. The van der Waals surface area contributed by atoms with Gasteiger partial charge in [0.1, 0.15) is 0 Å². The topological polar surface area (TPSA) is 61.5 Å². The Morgan fingerprint density at radius 2 is 2.21 bits per heavy atom. The fourth-order valence-corrected chi connectivity index (χ4v) is 2.30. The molecular formula is C15H21NO3. The molecule has 4 nitrogen and oxygen atoms in total. The second-order valence-corrected chi connectivity index (χ2v) is 5.01. The highest BCUT2D eigenvalue weighted by Gasteiger charge is 2.18. The summed E-state index contributed by atoms with van der Waals surface area (Å²) in [5.74, 6) is 0.427. The highest BCUT2D eigenvalue weighted by molar-refractivity contribution is 5.96. The number of carbonyl (C=O) groups is 1. The van der Waals surface area contributed by atoms with Gasteiger partial charge in [-0.25, -0.2) is 4.79 Å². The number of rotatable bonds is 6. The van der Waals surface area contributed by atoms with Crippen LogP contribution in [0.5, 0.6) is 0 Å². The Labute approximate surface area is 113 Å². The van der Waals surface area contributed by atoms with Gasteiger partial charge < -0.3 is 15.2 Å². The van der Waals surface area contributed by atoms with Crippen molar-refractivity contribution in [1.82, 2.24) is 0 Å². The van der Waals surface area contributed by atoms with Gasteiger partial charge in [0.25, 0.3) is 0 Å². The lowest BCUT2D eigenvalue weighted by molar-refractivity contribution is 0.0589. The number of hydrogen-bond donors (Lipinski definition) is 1. The number of benzene rings is 1. The monoisotopic (exact) mass is 263 g/mol. The van der Waals surface area contributed by atoms with E-state index in [0.717, 1.165) is 24.5 Å². The van der Waals surface area contributed by atoms with E-state index in [1.54, 1.807) is 6.07 Å². The van der Waals surface area contributed by atoms with Crippen LogP contribution in [0.25, 0.3) is 0 Å². The molecule has 1 aromatic carbocycles. The van der Waals surface area contributed by atoms with E-state index < -0.39 is 5.97 Å². The van der Waals surface area contributed by atoms with E-state index in [4.69, 9.17) is 15.2 Å². The quantitative estimate of drug-likeness (QED) is 0.487. The Kier molecular flexibility index (Phi) is 4.80. The van der Waals surface area contributed by atoms with Gasteiger partial charge in [-0.3, -0.25) is 0 Å². The van der Waals surface area contributed by atoms with E-state index in [1.807, 2.05) is 12.1 Å². The predicted octanol–water partition coefficient (Wildman–Crippen LogP) is 2.76. The first-order valence-corrected chi connectivity index (χ1v) is 6.75. The lowest BCUT2D eigenvalue weighted by atomic mass is 9.83. The molecule has 104 valence electrons. The van der Waals surface area contributed by atoms with Gasteiger partial charge in [-0.15, -0.1) is 0 Å². The molecule has 1 saturated carbocycles. The van der Waals surface area contributed by atoms with Crippen LogP contribution in [-0.4, -0.2) is 19.7 Å². The molecule has 1 aliphatic carbocycles. The summed E-state index contributed by atoms with van der Waals surface area (Å²) in [6.45, 7) is 1.14. The van der Waals surface area contributed by atoms with Crippen molar-refractivity contribution in [2.45, 2.75) is 32.3 Å². The molecule has 0 saturated heterocycles. The Hall–Kier alpha value is -1.55. The first-order chi connectivity index (χ1) is 9.22. The molecule has 19 heavy (non-hydrogen) atoms. The van der Waals surface area contributed by atoms with Gasteiger partial charge in [0.05, 0.1) is 19.3 Å². The summed E-state index contributed by atoms with van der Waals surface area (Å²) in [4.78, 5) is 11.7. The average molecular weight is 263 g/mol. The molecule has 0 unspecified atom stereocenters. The van der Waals surface area contributed by atoms with E-state index >= 15 is 0 Å². The maximum absolute atomic E-state index is 11.7. The number of hydrogen-bond acceptors (Lipinski definition) is 4. The van der Waals surface area contributed by atoms with Crippen molar-refractivity contribution in [2.24, 2.45) is 5.92 Å². The van der Waals surface area contributed by atoms with Crippen LogP contribution < -0.4 is 5.73 Å². The number of anilines is 1. The van der Waals surface area contributed by atoms with Gasteiger partial charge in [-0.2, -0.15) is 0 Å². The molecule has 1 aromatic rings. The molecule has 0 spiro atoms. The molecule has 0 radical (unpaired) electrons. The molecule has 0 amide bonds. The van der Waals surface area contributed by atoms with Crippen LogP contribution in [0.3, 0.4) is 0 Å². The molecule has 0 aromatic heterocycles. The maximum atomic E-state index is 11.7. The highest BCUT2D eigenvalue weighted by Crippen LogP contribution is 2.29. The third-order valence-corrected chi connectivity index (χ3v) is 3.73. The summed E-state index contributed by atoms with van der Waals surface area (Å²) < 4.78 is 10.4. The van der Waals surface area contributed by atoms with Crippen LogP contribution in [-0.2, 0) is 16.1 Å². The van der Waals surface area contributed by atoms with Crippen molar-refractivity contribution < 1.29 is 14.3 Å². The third-order valence-electron chi connectivity index (χ3n) is 3.73. The van der Waals surface area contributed by atoms with Crippen LogP contribution in [0.1, 0.15) is 41.6 Å². The van der Waals surface area contributed by atoms with Crippen molar-refractivity contribution >= 4 is 11.7 Å². The molecule has 2 rings (SSSR count). The minimum Gasteiger partial charge on any atom is -0.465 e. The van der Waals surface area contributed by atoms with E-state index in [2.05, 4.69) is 0 Å². The van der Waals surface area contributed by atoms with E-state index in [0.29, 0.717) is 17.9 Å². The van der Waals surface area contributed by atoms with Gasteiger partial charge >= 0.3 is 5.97 Å². The summed E-state index contributed by atoms with van der Waals surface area (Å²) in [5, 5.41) is 0. The summed E-state index contributed by atoms with van der Waals surface area (Å²) in [5.41, 5.74) is 7.48. The standard InChI is InChI=1S/C15H21NO3/c1-18-15(17)14-12(6-3-7-13(14)16)10-19-9-8-11-4-2-5-11/h3,6-7,11H,2,4-5,8-10,16H2,1H3. The number of carbonyl (C=O) groups excluding carboxylic acids is 1. The average Bonchev–Trinajstić information content (AvgIpc) is 2.35. The highest BCUT2D eigenvalue weighted by atomic mass is 16.5. The van der Waals surface area contributed by atoms with Crippen molar-refractivity contribution in [3.63, 3.8) is 0 Å². The van der Waals surface area contributed by atoms with Gasteiger partial charge in [-0.05, 0) is 24.0 Å². The Morgan fingerprint density at radius 1 is 1.42 bits per heavy atom. The fourth-order valence-electron chi connectivity index (χ4n) is 2.30. The first-order valence-electron chi connectivity index (χ1n) is 6.75. The number of methoxy groups -OCH3 is 1. The molecule has 4 heteroatoms. The SMILES string of the molecule is COC(=O)c1c(N)cccc1COCCC1CCC1. The second kappa shape index (κ2) is 6.57. The zero-order valence-electron chi connectivity index (χ0n) is 11.4. The molecule has 0 heterocycles. The zero-order chi connectivity index (χ0) is 13.7. The van der Waals surface area contributed by atoms with Crippen LogP contribution in [0.2, 0.25) is 0 Å². The van der Waals surface area contributed by atoms with E-state index in [1.165, 1.54) is 26.4 Å². The fraction of sp³-hybridized carbons (Fsp3) is 0.533. The molecule has 1 aliphatic rings. The maximum Gasteiger partial charge on any atom is 0.340 e. The summed E-state index contributed by atoms with van der Waals surface area (Å²) >= 11 is 0. The van der Waals surface area contributed by atoms with E-state index in [-0.39, 0.29) is 0 Å². The lowest BCUT2D eigenvalue weighted by Crippen LogP contribution is -2.14. The number of esters is 1. The second-order valence-electron chi connectivity index (χ2n) is 5.01. The predicted molar refractivity (Wildman–Crippen MR) is 73.8 cm³/mol. The smallest absolute Gasteiger partial charge is 0.340 e. The Bertz CT molecular complexity index is 441. The van der Waals surface area contributed by atoms with Gasteiger partial charge in [0.2, 0.25) is 0 Å². The van der Waals surface area contributed by atoms with Gasteiger partial charge in [-0.1, -0.05) is 31.4 Å². The zero-order valence-corrected chi connectivity index (χ0v) is 11.4. The summed E-state index contributed by atoms with van der Waals surface area (Å²) in [6, 6.07) is 5.38. The largest absolute Gasteiger partial charge is 0.465 e. The van der Waals surface area contributed by atoms with Crippen molar-refractivity contribution in [2.75, 3.05) is 19.5 Å². The van der Waals surface area contributed by atoms with Crippen molar-refractivity contribution in [1.29, 1.82) is 0 Å². The first kappa shape index (κ1) is 13.9. The minimum atomic E-state index is -0.407. The lowest BCUT2D eigenvalue weighted by Gasteiger charge is -2.24. The van der Waals surface area contributed by atoms with Crippen molar-refractivity contribution in [3.8, 4) is 0 Å². The molecule has 1 fully saturated rings. The number of ether oxygens (including phenoxy) is 2. The van der Waals surface area contributed by atoms with Crippen molar-refractivity contribution in [3.05, 3.63) is 29.3 Å². The Morgan fingerprint density at radius 3 is 2.84 bits per heavy atom. The Balaban J connectivity index is 1.91. The van der Waals surface area contributed by atoms with Gasteiger partial charge in [0, 0.05) is 12.3 Å². The molecule has 0 bridgehead atoms. The number of nitrogen functional groups attached to an aromatic ring is 1. The molecule has 2 N–H and O–H groups in total. The van der Waals surface area contributed by atoms with Gasteiger partial charge in [0.15, 0.2) is 0 Å². The van der Waals surface area contributed by atoms with E-state index in [9.17, 15) is 4.79 Å². The normalized spacial score (nSPS) is 15.0. The summed E-state index contributed by atoms with van der Waals surface area (Å²) in [6.07, 6.45) is 5.12. The van der Waals surface area contributed by atoms with Crippen LogP contribution in [0.4, 0.5) is 5.69 Å². The molecular weight excluding hydrogens is 242 g/mol. The van der Waals surface area contributed by atoms with Crippen LogP contribution in [0, 0.1) is 5.92 Å². The van der Waals surface area contributed by atoms with Crippen LogP contribution in [0.15, 0.2) is 18.2 Å². The molecule has 0 aliphatic heterocycles. The molecule has 0 atom stereocenters. The summed E-state index contributed by atoms with van der Waals surface area (Å²) in [7, 11) is 1.36. The minimum absolute atomic E-state index is 0.405. The van der Waals surface area contributed by atoms with Crippen LogP contribution >= 0.6 is 0 Å².